The van der Waals surface area contributed by atoms with E-state index in [1.807, 2.05) is 0 Å². The van der Waals surface area contributed by atoms with Gasteiger partial charge in [-0.25, -0.2) is 9.59 Å². The van der Waals surface area contributed by atoms with Gasteiger partial charge in [0, 0.05) is 11.4 Å². The van der Waals surface area contributed by atoms with Crippen LogP contribution in [0.3, 0.4) is 0 Å². The van der Waals surface area contributed by atoms with Gasteiger partial charge in [-0.2, -0.15) is 0 Å². The number of nitrogens with two attached hydrogens (primary N) is 1. The normalized spacial score (nSPS) is 9.50. The molecule has 0 atom stereocenters. The van der Waals surface area contributed by atoms with Gasteiger partial charge in [-0.1, -0.05) is 0 Å². The van der Waals surface area contributed by atoms with Crippen molar-refractivity contribution in [3.05, 3.63) is 16.3 Å². The van der Waals surface area contributed by atoms with Crippen LogP contribution in [0, 0.1) is 0 Å². The van der Waals surface area contributed by atoms with Gasteiger partial charge >= 0.3 is 12.0 Å². The van der Waals surface area contributed by atoms with Crippen LogP contribution in [0.15, 0.2) is 11.4 Å². The molecule has 0 unspecified atom stereocenters. The molecule has 4 N–H and O–H groups in total. The fourth-order valence-corrected chi connectivity index (χ4v) is 1.49. The Labute approximate surface area is 93.8 Å². The average Bonchev–Trinajstić information content (AvgIpc) is 2.61. The molecule has 86 valence electrons. The number of carbonyl (C=O) groups is 3. The Bertz CT molecular complexity index is 428. The van der Waals surface area contributed by atoms with Gasteiger partial charge in [-0.05, 0) is 0 Å². The lowest BCUT2D eigenvalue weighted by Gasteiger charge is -2.02. The number of hydrogen-bond donors (Lipinski definition) is 3. The number of rotatable bonds is 4. The predicted octanol–water partition coefficient (Wildman–Crippen LogP) is 0.0200. The maximum atomic E-state index is 10.9. The third-order valence-corrected chi connectivity index (χ3v) is 2.32. The third-order valence-electron chi connectivity index (χ3n) is 1.42. The Morgan fingerprint density at radius 2 is 2.19 bits per heavy atom. The summed E-state index contributed by atoms with van der Waals surface area (Å²) in [7, 11) is 0. The highest BCUT2D eigenvalue weighted by atomic mass is 32.1. The summed E-state index contributed by atoms with van der Waals surface area (Å²) in [6, 6.07) is 0.315. The van der Waals surface area contributed by atoms with Gasteiger partial charge in [0.05, 0.1) is 0 Å². The summed E-state index contributed by atoms with van der Waals surface area (Å²) in [6.45, 7) is -0.404. The number of hydrogen-bond acceptors (Lipinski definition) is 5. The van der Waals surface area contributed by atoms with E-state index in [4.69, 9.17) is 15.6 Å². The van der Waals surface area contributed by atoms with Crippen LogP contribution in [-0.2, 0) is 4.79 Å². The second kappa shape index (κ2) is 5.12. The molecule has 0 fully saturated rings. The molecule has 1 aromatic rings. The number of urea groups is 1. The van der Waals surface area contributed by atoms with Gasteiger partial charge in [0.2, 0.25) is 0 Å². The summed E-state index contributed by atoms with van der Waals surface area (Å²) in [6.07, 6.45) is 0. The second-order valence-electron chi connectivity index (χ2n) is 2.65. The van der Waals surface area contributed by atoms with E-state index in [-0.39, 0.29) is 10.6 Å². The van der Waals surface area contributed by atoms with Gasteiger partial charge in [-0.3, -0.25) is 10.1 Å². The van der Waals surface area contributed by atoms with Crippen LogP contribution in [-0.4, -0.2) is 29.6 Å². The van der Waals surface area contributed by atoms with Gasteiger partial charge in [0.1, 0.15) is 10.6 Å². The standard InChI is InChI=1S/C8H8N2O5S/c9-8(14)10-6(11)2-15-4-1-5(7(12)13)16-3-4/h1,3H,2H2,(H,12,13)(H3,9,10,11,14). The van der Waals surface area contributed by atoms with Crippen molar-refractivity contribution in [1.82, 2.24) is 5.32 Å². The zero-order valence-corrected chi connectivity index (χ0v) is 8.74. The number of carbonyl (C=O) groups excluding carboxylic acids is 2. The molecular weight excluding hydrogens is 236 g/mol. The minimum atomic E-state index is -1.07. The minimum absolute atomic E-state index is 0.102. The van der Waals surface area contributed by atoms with Gasteiger partial charge < -0.3 is 15.6 Å². The SMILES string of the molecule is NC(=O)NC(=O)COc1csc(C(=O)O)c1. The summed E-state index contributed by atoms with van der Waals surface area (Å²) in [5, 5.41) is 11.9. The van der Waals surface area contributed by atoms with E-state index < -0.39 is 24.5 Å². The summed E-state index contributed by atoms with van der Waals surface area (Å²) in [5.74, 6) is -1.51. The van der Waals surface area contributed by atoms with Crippen molar-refractivity contribution < 1.29 is 24.2 Å². The number of aromatic carboxylic acids is 1. The first-order chi connectivity index (χ1) is 7.49. The number of ether oxygens (including phenoxy) is 1. The lowest BCUT2D eigenvalue weighted by molar-refractivity contribution is -0.121. The highest BCUT2D eigenvalue weighted by molar-refractivity contribution is 7.12. The number of nitrogens with one attached hydrogen (secondary N) is 1. The molecule has 8 heteroatoms. The molecule has 7 nitrogen and oxygen atoms in total. The van der Waals surface area contributed by atoms with Crippen molar-refractivity contribution in [3.8, 4) is 5.75 Å². The molecule has 0 spiro atoms. The molecule has 0 radical (unpaired) electrons. The molecule has 3 amide bonds. The molecule has 1 aromatic heterocycles. The first kappa shape index (κ1) is 12.0. The number of primary amides is 1. The lowest BCUT2D eigenvalue weighted by atomic mass is 10.4. The summed E-state index contributed by atoms with van der Waals surface area (Å²) in [5.41, 5.74) is 4.70. The van der Waals surface area contributed by atoms with Crippen LogP contribution in [0.25, 0.3) is 0 Å². The number of thiophene rings is 1. The zero-order valence-electron chi connectivity index (χ0n) is 7.93. The van der Waals surface area contributed by atoms with Gasteiger partial charge in [0.25, 0.3) is 5.91 Å². The average molecular weight is 244 g/mol. The van der Waals surface area contributed by atoms with E-state index in [0.29, 0.717) is 0 Å². The summed E-state index contributed by atoms with van der Waals surface area (Å²) in [4.78, 5) is 31.8. The Kier molecular flexibility index (Phi) is 3.84. The molecule has 1 heterocycles. The smallest absolute Gasteiger partial charge is 0.346 e. The summed E-state index contributed by atoms with van der Waals surface area (Å²) < 4.78 is 4.93. The van der Waals surface area contributed by atoms with Crippen molar-refractivity contribution in [2.24, 2.45) is 5.73 Å². The fraction of sp³-hybridized carbons (Fsp3) is 0.125. The molecule has 0 bridgehead atoms. The Morgan fingerprint density at radius 1 is 1.50 bits per heavy atom. The fourth-order valence-electron chi connectivity index (χ4n) is 0.829. The molecule has 0 aliphatic heterocycles. The lowest BCUT2D eigenvalue weighted by Crippen LogP contribution is -2.37. The van der Waals surface area contributed by atoms with Crippen LogP contribution in [0.5, 0.6) is 5.75 Å². The predicted molar refractivity (Wildman–Crippen MR) is 54.5 cm³/mol. The zero-order chi connectivity index (χ0) is 12.1. The van der Waals surface area contributed by atoms with Crippen LogP contribution in [0.4, 0.5) is 4.79 Å². The van der Waals surface area contributed by atoms with E-state index >= 15 is 0 Å². The minimum Gasteiger partial charge on any atom is -0.483 e. The molecule has 0 aliphatic carbocycles. The van der Waals surface area contributed by atoms with Crippen molar-refractivity contribution in [3.63, 3.8) is 0 Å². The largest absolute Gasteiger partial charge is 0.483 e. The monoisotopic (exact) mass is 244 g/mol. The van der Waals surface area contributed by atoms with E-state index in [1.54, 1.807) is 5.32 Å². The third kappa shape index (κ3) is 3.58. The van der Waals surface area contributed by atoms with Gasteiger partial charge in [0.15, 0.2) is 6.61 Å². The number of amides is 3. The van der Waals surface area contributed by atoms with Crippen LogP contribution >= 0.6 is 11.3 Å². The first-order valence-electron chi connectivity index (χ1n) is 4.03. The van der Waals surface area contributed by atoms with E-state index in [1.165, 1.54) is 11.4 Å². The quantitative estimate of drug-likeness (QED) is 0.689. The molecular formula is C8H8N2O5S. The first-order valence-corrected chi connectivity index (χ1v) is 4.91. The Morgan fingerprint density at radius 3 is 2.69 bits per heavy atom. The van der Waals surface area contributed by atoms with E-state index in [2.05, 4.69) is 0 Å². The molecule has 1 rings (SSSR count). The molecule has 16 heavy (non-hydrogen) atoms. The number of carboxylic acids is 1. The van der Waals surface area contributed by atoms with Crippen molar-refractivity contribution in [2.45, 2.75) is 0 Å². The summed E-state index contributed by atoms with van der Waals surface area (Å²) >= 11 is 0.975. The van der Waals surface area contributed by atoms with Crippen molar-refractivity contribution in [2.75, 3.05) is 6.61 Å². The van der Waals surface area contributed by atoms with Crippen LogP contribution in [0.2, 0.25) is 0 Å². The molecule has 0 saturated heterocycles. The van der Waals surface area contributed by atoms with Gasteiger partial charge in [-0.15, -0.1) is 11.3 Å². The maximum absolute atomic E-state index is 10.9. The highest BCUT2D eigenvalue weighted by Gasteiger charge is 2.09. The molecule has 0 aromatic carbocycles. The number of carboxylic acid groups (broad SMARTS) is 1. The maximum Gasteiger partial charge on any atom is 0.346 e. The Balaban J connectivity index is 2.45. The van der Waals surface area contributed by atoms with Crippen molar-refractivity contribution in [1.29, 1.82) is 0 Å². The number of imide groups is 1. The van der Waals surface area contributed by atoms with Crippen LogP contribution in [0.1, 0.15) is 9.67 Å². The topological polar surface area (TPSA) is 119 Å². The van der Waals surface area contributed by atoms with E-state index in [9.17, 15) is 14.4 Å². The highest BCUT2D eigenvalue weighted by Crippen LogP contribution is 2.21. The van der Waals surface area contributed by atoms with Crippen LogP contribution < -0.4 is 15.8 Å². The molecule has 0 saturated carbocycles. The second-order valence-corrected chi connectivity index (χ2v) is 3.56. The van der Waals surface area contributed by atoms with E-state index in [0.717, 1.165) is 11.3 Å². The Hall–Kier alpha value is -2.09. The molecule has 0 aliphatic rings. The van der Waals surface area contributed by atoms with Crippen molar-refractivity contribution >= 4 is 29.2 Å².